The number of rotatable bonds is 3. The lowest BCUT2D eigenvalue weighted by Crippen LogP contribution is -1.99. The zero-order valence-electron chi connectivity index (χ0n) is 10.9. The van der Waals surface area contributed by atoms with Crippen LogP contribution in [0.5, 0.6) is 0 Å². The second kappa shape index (κ2) is 5.43. The van der Waals surface area contributed by atoms with Gasteiger partial charge in [-0.1, -0.05) is 41.9 Å². The standard InChI is InChI=1S/C14H14BrNO2S/c1-7(2)13-16-11(14(17)18)12(19-13)9-5-4-8(3)6-10(9)15/h4-7H,1-3H3,(H,17,18). The van der Waals surface area contributed by atoms with Gasteiger partial charge >= 0.3 is 5.97 Å². The predicted octanol–water partition coefficient (Wildman–Crippen LogP) is 4.70. The molecule has 2 rings (SSSR count). The van der Waals surface area contributed by atoms with Gasteiger partial charge < -0.3 is 5.11 Å². The van der Waals surface area contributed by atoms with Crippen molar-refractivity contribution in [3.05, 3.63) is 38.9 Å². The molecule has 0 radical (unpaired) electrons. The zero-order chi connectivity index (χ0) is 14.2. The van der Waals surface area contributed by atoms with Gasteiger partial charge in [0.15, 0.2) is 5.69 Å². The van der Waals surface area contributed by atoms with Gasteiger partial charge in [0.25, 0.3) is 0 Å². The minimum atomic E-state index is -0.981. The molecule has 19 heavy (non-hydrogen) atoms. The summed E-state index contributed by atoms with van der Waals surface area (Å²) in [7, 11) is 0. The van der Waals surface area contributed by atoms with E-state index in [0.717, 1.165) is 20.6 Å². The first-order valence-electron chi connectivity index (χ1n) is 5.90. The first kappa shape index (κ1) is 14.2. The number of carbonyl (C=O) groups is 1. The topological polar surface area (TPSA) is 50.2 Å². The zero-order valence-corrected chi connectivity index (χ0v) is 13.3. The first-order valence-corrected chi connectivity index (χ1v) is 7.51. The summed E-state index contributed by atoms with van der Waals surface area (Å²) in [6, 6.07) is 5.89. The van der Waals surface area contributed by atoms with Crippen LogP contribution in [0.1, 0.15) is 40.8 Å². The van der Waals surface area contributed by atoms with Gasteiger partial charge in [0.1, 0.15) is 0 Å². The molecule has 0 bridgehead atoms. The van der Waals surface area contributed by atoms with Gasteiger partial charge in [0.05, 0.1) is 9.88 Å². The van der Waals surface area contributed by atoms with E-state index >= 15 is 0 Å². The fraction of sp³-hybridized carbons (Fsp3) is 0.286. The van der Waals surface area contributed by atoms with Crippen molar-refractivity contribution in [2.24, 2.45) is 0 Å². The second-order valence-corrected chi connectivity index (χ2v) is 6.56. The van der Waals surface area contributed by atoms with Crippen LogP contribution in [0.3, 0.4) is 0 Å². The molecule has 1 N–H and O–H groups in total. The molecule has 5 heteroatoms. The fourth-order valence-electron chi connectivity index (χ4n) is 1.72. The Labute approximate surface area is 124 Å². The highest BCUT2D eigenvalue weighted by molar-refractivity contribution is 9.10. The van der Waals surface area contributed by atoms with Gasteiger partial charge in [-0.15, -0.1) is 11.3 Å². The molecule has 0 fully saturated rings. The van der Waals surface area contributed by atoms with Crippen molar-refractivity contribution in [3.8, 4) is 10.4 Å². The fourth-order valence-corrected chi connectivity index (χ4v) is 3.64. The van der Waals surface area contributed by atoms with Crippen molar-refractivity contribution in [2.75, 3.05) is 0 Å². The molecule has 0 amide bonds. The summed E-state index contributed by atoms with van der Waals surface area (Å²) in [5, 5.41) is 10.1. The highest BCUT2D eigenvalue weighted by Gasteiger charge is 2.21. The molecule has 2 aromatic rings. The van der Waals surface area contributed by atoms with E-state index in [9.17, 15) is 9.90 Å². The van der Waals surface area contributed by atoms with E-state index in [4.69, 9.17) is 0 Å². The molecule has 0 saturated heterocycles. The van der Waals surface area contributed by atoms with E-state index < -0.39 is 5.97 Å². The van der Waals surface area contributed by atoms with E-state index in [1.54, 1.807) is 0 Å². The highest BCUT2D eigenvalue weighted by atomic mass is 79.9. The van der Waals surface area contributed by atoms with Crippen molar-refractivity contribution in [2.45, 2.75) is 26.7 Å². The summed E-state index contributed by atoms with van der Waals surface area (Å²) >= 11 is 4.95. The Balaban J connectivity index is 2.63. The molecule has 0 saturated carbocycles. The Morgan fingerprint density at radius 2 is 2.11 bits per heavy atom. The molecule has 3 nitrogen and oxygen atoms in total. The third kappa shape index (κ3) is 2.87. The van der Waals surface area contributed by atoms with Gasteiger partial charge in [0.2, 0.25) is 0 Å². The minimum absolute atomic E-state index is 0.137. The van der Waals surface area contributed by atoms with Gasteiger partial charge in [0, 0.05) is 16.0 Å². The molecular formula is C14H14BrNO2S. The van der Waals surface area contributed by atoms with Crippen LogP contribution in [0.15, 0.2) is 22.7 Å². The maximum atomic E-state index is 11.3. The number of halogens is 1. The molecule has 100 valence electrons. The quantitative estimate of drug-likeness (QED) is 0.881. The lowest BCUT2D eigenvalue weighted by molar-refractivity contribution is 0.0692. The average molecular weight is 340 g/mol. The van der Waals surface area contributed by atoms with Gasteiger partial charge in [-0.05, 0) is 18.6 Å². The summed E-state index contributed by atoms with van der Waals surface area (Å²) in [5.41, 5.74) is 2.15. The van der Waals surface area contributed by atoms with E-state index in [-0.39, 0.29) is 11.6 Å². The number of aryl methyl sites for hydroxylation is 1. The van der Waals surface area contributed by atoms with E-state index in [0.29, 0.717) is 4.88 Å². The van der Waals surface area contributed by atoms with Crippen LogP contribution in [0.25, 0.3) is 10.4 Å². The normalized spacial score (nSPS) is 11.0. The number of hydrogen-bond acceptors (Lipinski definition) is 3. The Morgan fingerprint density at radius 3 is 2.63 bits per heavy atom. The Kier molecular flexibility index (Phi) is 4.06. The monoisotopic (exact) mass is 339 g/mol. The number of hydrogen-bond donors (Lipinski definition) is 1. The van der Waals surface area contributed by atoms with Crippen LogP contribution in [-0.2, 0) is 0 Å². The molecule has 0 spiro atoms. The molecule has 0 aliphatic rings. The van der Waals surface area contributed by atoms with Crippen molar-refractivity contribution in [1.82, 2.24) is 4.98 Å². The van der Waals surface area contributed by atoms with Crippen LogP contribution in [0.2, 0.25) is 0 Å². The molecule has 0 atom stereocenters. The third-order valence-corrected chi connectivity index (χ3v) is 4.75. The van der Waals surface area contributed by atoms with Crippen molar-refractivity contribution in [1.29, 1.82) is 0 Å². The SMILES string of the molecule is Cc1ccc(-c2sc(C(C)C)nc2C(=O)O)c(Br)c1. The van der Waals surface area contributed by atoms with Crippen LogP contribution in [0, 0.1) is 6.92 Å². The smallest absolute Gasteiger partial charge is 0.356 e. The maximum absolute atomic E-state index is 11.3. The van der Waals surface area contributed by atoms with E-state index in [2.05, 4.69) is 20.9 Å². The first-order chi connectivity index (χ1) is 8.90. The second-order valence-electron chi connectivity index (χ2n) is 4.67. The van der Waals surface area contributed by atoms with Crippen LogP contribution < -0.4 is 0 Å². The number of carboxylic acid groups (broad SMARTS) is 1. The summed E-state index contributed by atoms with van der Waals surface area (Å²) in [4.78, 5) is 16.3. The molecular weight excluding hydrogens is 326 g/mol. The van der Waals surface area contributed by atoms with Gasteiger partial charge in [-0.3, -0.25) is 0 Å². The number of aromatic carboxylic acids is 1. The Hall–Kier alpha value is -1.20. The number of carboxylic acids is 1. The summed E-state index contributed by atoms with van der Waals surface area (Å²) in [6.07, 6.45) is 0. The largest absolute Gasteiger partial charge is 0.476 e. The maximum Gasteiger partial charge on any atom is 0.356 e. The summed E-state index contributed by atoms with van der Waals surface area (Å²) < 4.78 is 0.897. The summed E-state index contributed by atoms with van der Waals surface area (Å²) in [6.45, 7) is 6.02. The highest BCUT2D eigenvalue weighted by Crippen LogP contribution is 2.37. The lowest BCUT2D eigenvalue weighted by atomic mass is 10.1. The molecule has 1 aromatic heterocycles. The van der Waals surface area contributed by atoms with E-state index in [1.807, 2.05) is 39.0 Å². The van der Waals surface area contributed by atoms with Crippen LogP contribution in [-0.4, -0.2) is 16.1 Å². The Morgan fingerprint density at radius 1 is 1.42 bits per heavy atom. The van der Waals surface area contributed by atoms with Crippen LogP contribution >= 0.6 is 27.3 Å². The van der Waals surface area contributed by atoms with Gasteiger partial charge in [-0.25, -0.2) is 9.78 Å². The molecule has 1 aromatic carbocycles. The predicted molar refractivity (Wildman–Crippen MR) is 81.0 cm³/mol. The van der Waals surface area contributed by atoms with Crippen molar-refractivity contribution >= 4 is 33.2 Å². The van der Waals surface area contributed by atoms with Crippen LogP contribution in [0.4, 0.5) is 0 Å². The number of benzene rings is 1. The van der Waals surface area contributed by atoms with E-state index in [1.165, 1.54) is 11.3 Å². The minimum Gasteiger partial charge on any atom is -0.476 e. The number of aromatic nitrogens is 1. The Bertz CT molecular complexity index is 634. The number of nitrogens with zero attached hydrogens (tertiary/aromatic N) is 1. The number of thiazole rings is 1. The lowest BCUT2D eigenvalue weighted by Gasteiger charge is -2.03. The summed E-state index contributed by atoms with van der Waals surface area (Å²) in [5.74, 6) is -0.758. The molecule has 0 aliphatic heterocycles. The van der Waals surface area contributed by atoms with Crippen molar-refractivity contribution < 1.29 is 9.90 Å². The molecule has 1 heterocycles. The molecule has 0 unspecified atom stereocenters. The van der Waals surface area contributed by atoms with Crippen molar-refractivity contribution in [3.63, 3.8) is 0 Å². The third-order valence-electron chi connectivity index (χ3n) is 2.71. The molecule has 0 aliphatic carbocycles. The van der Waals surface area contributed by atoms with Gasteiger partial charge in [-0.2, -0.15) is 0 Å². The average Bonchev–Trinajstić information content (AvgIpc) is 2.73.